The lowest BCUT2D eigenvalue weighted by Gasteiger charge is -2.08. The highest BCUT2D eigenvalue weighted by atomic mass is 35.5. The van der Waals surface area contributed by atoms with Crippen LogP contribution in [0.2, 0.25) is 5.02 Å². The average molecular weight is 420 g/mol. The number of hydrogen-bond donors (Lipinski definition) is 1. The number of hydrogen-bond acceptors (Lipinski definition) is 6. The summed E-state index contributed by atoms with van der Waals surface area (Å²) in [6.07, 6.45) is 0. The Morgan fingerprint density at radius 2 is 2.00 bits per heavy atom. The second kappa shape index (κ2) is 7.38. The molecule has 1 heterocycles. The van der Waals surface area contributed by atoms with Crippen molar-refractivity contribution in [1.29, 1.82) is 5.26 Å². The molecule has 0 aliphatic carbocycles. The van der Waals surface area contributed by atoms with Crippen LogP contribution in [0.3, 0.4) is 0 Å². The molecule has 0 aliphatic rings. The number of rotatable bonds is 4. The van der Waals surface area contributed by atoms with Crippen LogP contribution >= 0.6 is 11.6 Å². The van der Waals surface area contributed by atoms with Gasteiger partial charge in [0, 0.05) is 0 Å². The average Bonchev–Trinajstić information content (AvgIpc) is 3.02. The largest absolute Gasteiger partial charge is 0.287 e. The van der Waals surface area contributed by atoms with Crippen molar-refractivity contribution in [3.8, 4) is 11.8 Å². The van der Waals surface area contributed by atoms with E-state index in [0.29, 0.717) is 0 Å². The lowest BCUT2D eigenvalue weighted by Crippen LogP contribution is -2.31. The molecule has 0 bridgehead atoms. The molecular weight excluding hydrogens is 409 g/mol. The maximum Gasteiger partial charge on any atom is 0.287 e. The minimum absolute atomic E-state index is 0.0444. The number of nitrogens with one attached hydrogen (secondary N) is 1. The van der Waals surface area contributed by atoms with Gasteiger partial charge in [0.2, 0.25) is 0 Å². The molecule has 8 nitrogen and oxygen atoms in total. The van der Waals surface area contributed by atoms with Crippen LogP contribution in [0.4, 0.5) is 4.39 Å². The molecule has 1 amide bonds. The van der Waals surface area contributed by atoms with Crippen molar-refractivity contribution < 1.29 is 17.6 Å². The number of carbonyl (C=O) groups is 1. The smallest absolute Gasteiger partial charge is 0.266 e. The van der Waals surface area contributed by atoms with E-state index in [1.165, 1.54) is 37.3 Å². The molecule has 1 N–H and O–H groups in total. The lowest BCUT2D eigenvalue weighted by atomic mass is 10.2. The predicted octanol–water partition coefficient (Wildman–Crippen LogP) is 2.36. The standard InChI is InChI=1S/C17H11ClFN5O3S/c1-10-16(17(25)22-28(26,27)15-5-3-2-4-12(15)18)21-23-24(10)14-7-6-11(9-20)8-13(14)19/h2-8H,1H3,(H,22,25). The van der Waals surface area contributed by atoms with Crippen LogP contribution in [0.15, 0.2) is 47.4 Å². The second-order valence-electron chi connectivity index (χ2n) is 5.58. The van der Waals surface area contributed by atoms with E-state index >= 15 is 0 Å². The van der Waals surface area contributed by atoms with Gasteiger partial charge in [-0.1, -0.05) is 28.9 Å². The molecule has 0 saturated carbocycles. The number of aromatic nitrogens is 3. The van der Waals surface area contributed by atoms with Crippen molar-refractivity contribution in [1.82, 2.24) is 19.7 Å². The van der Waals surface area contributed by atoms with Gasteiger partial charge < -0.3 is 0 Å². The minimum atomic E-state index is -4.25. The fourth-order valence-corrected chi connectivity index (χ4v) is 3.88. The zero-order chi connectivity index (χ0) is 20.5. The number of nitrogens with zero attached hydrogens (tertiary/aromatic N) is 4. The Hall–Kier alpha value is -3.29. The Kier molecular flexibility index (Phi) is 5.13. The third kappa shape index (κ3) is 3.58. The molecule has 0 spiro atoms. The number of nitriles is 1. The SMILES string of the molecule is Cc1c(C(=O)NS(=O)(=O)c2ccccc2Cl)nnn1-c1ccc(C#N)cc1F. The molecule has 3 rings (SSSR count). The zero-order valence-corrected chi connectivity index (χ0v) is 15.8. The van der Waals surface area contributed by atoms with E-state index in [4.69, 9.17) is 16.9 Å². The van der Waals surface area contributed by atoms with Gasteiger partial charge in [0.1, 0.15) is 16.4 Å². The minimum Gasteiger partial charge on any atom is -0.266 e. The van der Waals surface area contributed by atoms with E-state index in [1.54, 1.807) is 12.1 Å². The van der Waals surface area contributed by atoms with Gasteiger partial charge in [0.25, 0.3) is 15.9 Å². The van der Waals surface area contributed by atoms with Crippen molar-refractivity contribution in [2.24, 2.45) is 0 Å². The summed E-state index contributed by atoms with van der Waals surface area (Å²) in [7, 11) is -4.25. The molecule has 28 heavy (non-hydrogen) atoms. The Balaban J connectivity index is 1.93. The first-order valence-electron chi connectivity index (χ1n) is 7.68. The van der Waals surface area contributed by atoms with E-state index in [-0.39, 0.29) is 32.6 Å². The third-order valence-corrected chi connectivity index (χ3v) is 5.60. The fourth-order valence-electron chi connectivity index (χ4n) is 2.40. The van der Waals surface area contributed by atoms with Crippen molar-refractivity contribution in [2.45, 2.75) is 11.8 Å². The molecule has 0 fully saturated rings. The van der Waals surface area contributed by atoms with E-state index in [0.717, 1.165) is 10.7 Å². The lowest BCUT2D eigenvalue weighted by molar-refractivity contribution is 0.0976. The number of amides is 1. The number of carbonyl (C=O) groups excluding carboxylic acids is 1. The molecule has 3 aromatic rings. The summed E-state index contributed by atoms with van der Waals surface area (Å²) in [6.45, 7) is 1.43. The second-order valence-corrected chi connectivity index (χ2v) is 7.64. The highest BCUT2D eigenvalue weighted by Gasteiger charge is 2.25. The summed E-state index contributed by atoms with van der Waals surface area (Å²) in [5.41, 5.74) is -0.130. The van der Waals surface area contributed by atoms with Gasteiger partial charge in [-0.15, -0.1) is 5.10 Å². The summed E-state index contributed by atoms with van der Waals surface area (Å²) < 4.78 is 41.9. The van der Waals surface area contributed by atoms with Crippen LogP contribution < -0.4 is 4.72 Å². The molecule has 1 aromatic heterocycles. The fraction of sp³-hybridized carbons (Fsp3) is 0.0588. The van der Waals surface area contributed by atoms with Gasteiger partial charge in [-0.05, 0) is 37.3 Å². The van der Waals surface area contributed by atoms with Crippen molar-refractivity contribution >= 4 is 27.5 Å². The van der Waals surface area contributed by atoms with E-state index in [9.17, 15) is 17.6 Å². The van der Waals surface area contributed by atoms with Crippen LogP contribution in [0, 0.1) is 24.1 Å². The molecule has 0 atom stereocenters. The quantitative estimate of drug-likeness (QED) is 0.693. The van der Waals surface area contributed by atoms with Crippen LogP contribution in [-0.2, 0) is 10.0 Å². The van der Waals surface area contributed by atoms with Crippen LogP contribution in [0.25, 0.3) is 5.69 Å². The van der Waals surface area contributed by atoms with Gasteiger partial charge in [0.05, 0.1) is 22.3 Å². The summed E-state index contributed by atoms with van der Waals surface area (Å²) in [5, 5.41) is 16.1. The highest BCUT2D eigenvalue weighted by molar-refractivity contribution is 7.90. The maximum atomic E-state index is 14.2. The van der Waals surface area contributed by atoms with Gasteiger partial charge in [-0.3, -0.25) is 4.79 Å². The van der Waals surface area contributed by atoms with Crippen molar-refractivity contribution in [3.05, 3.63) is 70.3 Å². The molecule has 0 aliphatic heterocycles. The maximum absolute atomic E-state index is 14.2. The van der Waals surface area contributed by atoms with E-state index in [1.807, 2.05) is 4.72 Å². The Morgan fingerprint density at radius 3 is 2.64 bits per heavy atom. The Labute approximate surface area is 164 Å². The summed E-state index contributed by atoms with van der Waals surface area (Å²) in [6, 6.07) is 11.1. The number of sulfonamides is 1. The van der Waals surface area contributed by atoms with Crippen molar-refractivity contribution in [2.75, 3.05) is 0 Å². The highest BCUT2D eigenvalue weighted by Crippen LogP contribution is 2.21. The monoisotopic (exact) mass is 419 g/mol. The van der Waals surface area contributed by atoms with Crippen molar-refractivity contribution in [3.63, 3.8) is 0 Å². The molecular formula is C17H11ClFN5O3S. The molecule has 142 valence electrons. The Morgan fingerprint density at radius 1 is 1.29 bits per heavy atom. The first-order valence-corrected chi connectivity index (χ1v) is 9.54. The van der Waals surface area contributed by atoms with E-state index in [2.05, 4.69) is 10.3 Å². The topological polar surface area (TPSA) is 118 Å². The first-order chi connectivity index (χ1) is 13.2. The van der Waals surface area contributed by atoms with Crippen LogP contribution in [0.5, 0.6) is 0 Å². The normalized spacial score (nSPS) is 11.1. The summed E-state index contributed by atoms with van der Waals surface area (Å²) in [4.78, 5) is 12.1. The van der Waals surface area contributed by atoms with E-state index < -0.39 is 21.7 Å². The number of benzene rings is 2. The summed E-state index contributed by atoms with van der Waals surface area (Å²) in [5.74, 6) is -1.79. The molecule has 0 unspecified atom stereocenters. The zero-order valence-electron chi connectivity index (χ0n) is 14.2. The van der Waals surface area contributed by atoms with Gasteiger partial charge in [0.15, 0.2) is 5.69 Å². The molecule has 11 heteroatoms. The predicted molar refractivity (Wildman–Crippen MR) is 96.9 cm³/mol. The van der Waals surface area contributed by atoms with Crippen LogP contribution in [-0.4, -0.2) is 29.3 Å². The van der Waals surface area contributed by atoms with Crippen LogP contribution in [0.1, 0.15) is 21.7 Å². The third-order valence-electron chi connectivity index (χ3n) is 3.77. The molecule has 0 radical (unpaired) electrons. The molecule has 0 saturated heterocycles. The first kappa shape index (κ1) is 19.5. The summed E-state index contributed by atoms with van der Waals surface area (Å²) >= 11 is 5.87. The molecule has 2 aromatic carbocycles. The van der Waals surface area contributed by atoms with Gasteiger partial charge in [-0.25, -0.2) is 22.2 Å². The number of halogens is 2. The Bertz CT molecular complexity index is 1230. The van der Waals surface area contributed by atoms with Gasteiger partial charge >= 0.3 is 0 Å². The van der Waals surface area contributed by atoms with Gasteiger partial charge in [-0.2, -0.15) is 5.26 Å².